The van der Waals surface area contributed by atoms with Crippen LogP contribution in [0.2, 0.25) is 0 Å². The number of nitrogens with two attached hydrogens (primary N) is 1. The van der Waals surface area contributed by atoms with Gasteiger partial charge in [-0.2, -0.15) is 49.5 Å². The number of nitrogens with one attached hydrogen (secondary N) is 3. The van der Waals surface area contributed by atoms with E-state index in [1.54, 1.807) is 103 Å². The van der Waals surface area contributed by atoms with Gasteiger partial charge in [0.2, 0.25) is 42.9 Å². The number of aromatic nitrogens is 20. The molecular formula is C61H66B2F10N25O9+. The predicted molar refractivity (Wildman–Crippen MR) is 369 cm³/mol. The zero-order valence-electron chi connectivity index (χ0n) is 52.8. The van der Waals surface area contributed by atoms with E-state index < -0.39 is 72.4 Å². The maximum atomic E-state index is 12.7. The molecule has 0 aliphatic carbocycles. The van der Waals surface area contributed by atoms with E-state index in [4.69, 9.17) is 27.2 Å². The Labute approximate surface area is 602 Å². The fourth-order valence-electron chi connectivity index (χ4n) is 7.30. The highest BCUT2D eigenvalue weighted by molar-refractivity contribution is 6.58. The van der Waals surface area contributed by atoms with Crippen molar-refractivity contribution in [2.45, 2.75) is 48.2 Å². The number of nitro groups is 2. The molecule has 0 spiro atoms. The van der Waals surface area contributed by atoms with Gasteiger partial charge in [-0.15, -0.1) is 25.1 Å². The molecule has 0 amide bonds. The molecule has 0 bridgehead atoms. The lowest BCUT2D eigenvalue weighted by molar-refractivity contribution is -0.904. The van der Waals surface area contributed by atoms with Crippen LogP contribution in [-0.2, 0) is 18.5 Å². The first kappa shape index (κ1) is 87.6. The Morgan fingerprint density at radius 2 is 0.916 bits per heavy atom. The normalized spacial score (nSPS) is 10.2. The van der Waals surface area contributed by atoms with Gasteiger partial charge in [0.15, 0.2) is 0 Å². The zero-order valence-corrected chi connectivity index (χ0v) is 51.8. The van der Waals surface area contributed by atoms with Gasteiger partial charge in [-0.1, -0.05) is 87.2 Å². The number of halogens is 10. The smallest absolute Gasteiger partial charge is 0.423 e. The molecule has 0 aliphatic rings. The van der Waals surface area contributed by atoms with Gasteiger partial charge in [-0.25, -0.2) is 19.0 Å². The number of nitrogens with zero attached hydrogens (tertiary/aromatic N) is 21. The number of hydrogen-bond donors (Lipinski definition) is 9. The van der Waals surface area contributed by atoms with Gasteiger partial charge in [-0.05, 0) is 100 Å². The highest BCUT2D eigenvalue weighted by Gasteiger charge is 2.33. The van der Waals surface area contributed by atoms with Crippen LogP contribution >= 0.6 is 0 Å². The fraction of sp³-hybridized carbons (Fsp3) is 0.131. The number of hydrogen-bond acceptors (Lipinski definition) is 26. The van der Waals surface area contributed by atoms with Crippen LogP contribution in [0.3, 0.4) is 0 Å². The Hall–Kier alpha value is -13.6. The standard InChI is InChI=1S/C14H11F3N5O.C14H10F3N5.C7H6BF3O2.C7H5N5O2.C7H7N5.C5H6BNO2.C2H2N4O2.CH3F.4CH4/c15-14(16,17)10-3-1-4-11(7-10)19-13-18-9-22(20-13)12-5-2-6-21(23)8-12;15-14(16,17)10-3-1-4-11(7-10)20-13-19-9-22(21-13)12-5-2-6-18-8-12;9-7(10,11)5-2-1-3-6(4-5)8(12)13;13-12(14)7-9-5-11(10-7)6-2-1-3-8-4-6;8-7-10-5-12(11-7)6-2-1-3-9-4-6;8-6(9)5-2-1-3-7-4-5;7-6(8)2-3-1-4-5-2;1-2;;;;/h1-9,23H,(H,19,20);1-9H,(H,20,21);1-4,12-13H;1-5H;1-5H,(H2,8,11);1-4,8-9H;1H,(H,3,4,5);1H3;4*1H4/q+1;;;;;;;;;;;/i;;;;;;;1D;;;;. The second kappa shape index (κ2) is 43.4. The van der Waals surface area contributed by atoms with Gasteiger partial charge in [-0.3, -0.25) is 29.5 Å². The minimum atomic E-state index is -4.45. The highest BCUT2D eigenvalue weighted by atomic mass is 19.4. The van der Waals surface area contributed by atoms with Crippen LogP contribution in [0.4, 0.5) is 85.0 Å². The van der Waals surface area contributed by atoms with Crippen molar-refractivity contribution in [1.29, 1.82) is 0 Å². The van der Waals surface area contributed by atoms with E-state index in [-0.39, 0.29) is 70.3 Å². The number of nitrogen functional groups attached to an aromatic ring is 1. The average molecular weight is 1510 g/mol. The lowest BCUT2D eigenvalue weighted by Crippen LogP contribution is -2.30. The van der Waals surface area contributed by atoms with Crippen LogP contribution in [0.25, 0.3) is 22.7 Å². The summed E-state index contributed by atoms with van der Waals surface area (Å²) in [6.45, 7) is 0. The topological polar surface area (TPSA) is 457 Å². The first-order valence-corrected chi connectivity index (χ1v) is 28.0. The summed E-state index contributed by atoms with van der Waals surface area (Å²) in [7, 11) is -4.28. The van der Waals surface area contributed by atoms with Crippen LogP contribution in [0.5, 0.6) is 0 Å². The lowest BCUT2D eigenvalue weighted by Gasteiger charge is -2.08. The fourth-order valence-corrected chi connectivity index (χ4v) is 7.30. The summed E-state index contributed by atoms with van der Waals surface area (Å²) < 4.78 is 134. The molecule has 46 heteroatoms. The average Bonchev–Trinajstić information content (AvgIpc) is 1.39. The number of pyridine rings is 5. The van der Waals surface area contributed by atoms with Crippen LogP contribution in [0.15, 0.2) is 227 Å². The Balaban J connectivity index is 0.000000434. The number of rotatable bonds is 12. The number of anilines is 5. The van der Waals surface area contributed by atoms with Crippen molar-refractivity contribution in [3.8, 4) is 22.7 Å². The van der Waals surface area contributed by atoms with Crippen molar-refractivity contribution >= 4 is 66.3 Å². The zero-order chi connectivity index (χ0) is 75.8. The van der Waals surface area contributed by atoms with Crippen LogP contribution < -0.4 is 32.0 Å². The van der Waals surface area contributed by atoms with Crippen molar-refractivity contribution in [3.63, 3.8) is 0 Å². The van der Waals surface area contributed by atoms with Gasteiger partial charge in [0.1, 0.15) is 30.4 Å². The molecule has 0 fully saturated rings. The largest absolute Gasteiger partial charge is 0.491 e. The van der Waals surface area contributed by atoms with E-state index in [0.717, 1.165) is 53.1 Å². The van der Waals surface area contributed by atoms with Crippen LogP contribution in [0, 0.1) is 20.2 Å². The summed E-state index contributed by atoms with van der Waals surface area (Å²) in [4.78, 5) is 52.7. The third kappa shape index (κ3) is 29.7. The molecule has 0 saturated carbocycles. The molecule has 0 radical (unpaired) electrons. The first-order valence-electron chi connectivity index (χ1n) is 28.7. The van der Waals surface area contributed by atoms with Crippen LogP contribution in [0.1, 0.15) is 47.8 Å². The van der Waals surface area contributed by atoms with Crippen molar-refractivity contribution in [3.05, 3.63) is 264 Å². The van der Waals surface area contributed by atoms with Gasteiger partial charge in [0.25, 0.3) is 0 Å². The van der Waals surface area contributed by atoms with Crippen molar-refractivity contribution in [2.24, 2.45) is 0 Å². The van der Waals surface area contributed by atoms with E-state index in [0.29, 0.717) is 28.6 Å². The second-order valence-electron chi connectivity index (χ2n) is 19.0. The summed E-state index contributed by atoms with van der Waals surface area (Å²) in [5.41, 5.74) is 6.43. The second-order valence-corrected chi connectivity index (χ2v) is 19.0. The van der Waals surface area contributed by atoms with Gasteiger partial charge < -0.3 is 56.7 Å². The van der Waals surface area contributed by atoms with Crippen molar-refractivity contribution in [2.75, 3.05) is 23.5 Å². The monoisotopic (exact) mass is 1510 g/mol. The molecule has 564 valence electrons. The van der Waals surface area contributed by atoms with E-state index >= 15 is 0 Å². The summed E-state index contributed by atoms with van der Waals surface area (Å²) in [6, 6.07) is 30.7. The number of aromatic amines is 1. The molecular weight excluding hydrogens is 1440 g/mol. The van der Waals surface area contributed by atoms with Crippen LogP contribution in [-0.4, -0.2) is 151 Å². The van der Waals surface area contributed by atoms with Gasteiger partial charge in [0, 0.05) is 63.7 Å². The molecule has 107 heavy (non-hydrogen) atoms. The minimum Gasteiger partial charge on any atom is -0.423 e. The number of H-pyrrole nitrogens is 1. The molecule has 10 aromatic heterocycles. The summed E-state index contributed by atoms with van der Waals surface area (Å²) in [6.07, 6.45) is 9.06. The molecule has 13 rings (SSSR count). The molecule has 0 unspecified atom stereocenters. The molecule has 3 aromatic carbocycles. The SMILES string of the molecule is C.C.C.C.FC(F)(F)c1cccc(Nc2ncn(-c3cccnc3)n2)c1.Nc1ncn(-c2cccnc2)n1.O=[N+]([O-])c1ncn(-c2cccnc2)n1.O=[N+]([O-])c1ncn[nH]1.OB(O)c1cccc(C(F)(F)F)c1.OB(O)c1cccnc1.O[n+]1cccc(-n2cnc(Nc3cccc(C(F)(F)F)c3)n2)c1.[2H]CF. The molecule has 0 aliphatic heterocycles. The summed E-state index contributed by atoms with van der Waals surface area (Å²) >= 11 is 0. The summed E-state index contributed by atoms with van der Waals surface area (Å²) in [5.74, 6) is -0.154. The van der Waals surface area contributed by atoms with Crippen molar-refractivity contribution < 1.29 is 85.2 Å². The van der Waals surface area contributed by atoms with Gasteiger partial charge >= 0.3 is 44.7 Å². The van der Waals surface area contributed by atoms with E-state index in [1.165, 1.54) is 81.9 Å². The molecule has 0 saturated heterocycles. The molecule has 13 aromatic rings. The van der Waals surface area contributed by atoms with E-state index in [9.17, 15) is 69.3 Å². The van der Waals surface area contributed by atoms with Gasteiger partial charge in [0.05, 0.1) is 55.2 Å². The lowest BCUT2D eigenvalue weighted by atomic mass is 9.79. The Morgan fingerprint density at radius 1 is 0.514 bits per heavy atom. The maximum Gasteiger partial charge on any atom is 0.491 e. The predicted octanol–water partition coefficient (Wildman–Crippen LogP) is 8.78. The quantitative estimate of drug-likeness (QED) is 0.0138. The number of benzene rings is 3. The first-order chi connectivity index (χ1) is 49.5. The third-order valence-electron chi connectivity index (χ3n) is 11.9. The molecule has 10 N–H and O–H groups in total. The molecule has 10 heterocycles. The molecule has 34 nitrogen and oxygen atoms in total. The summed E-state index contributed by atoms with van der Waals surface area (Å²) in [5, 5.41) is 90.3. The number of alkyl halides is 10. The van der Waals surface area contributed by atoms with E-state index in [2.05, 4.69) is 86.1 Å². The Bertz CT molecular complexity index is 4700. The van der Waals surface area contributed by atoms with E-state index in [1.807, 2.05) is 12.1 Å². The Morgan fingerprint density at radius 3 is 1.27 bits per heavy atom. The Kier molecular flexibility index (Phi) is 35.5. The molecule has 0 atom stereocenters. The maximum absolute atomic E-state index is 12.7. The minimum absolute atomic E-state index is 0. The third-order valence-corrected chi connectivity index (χ3v) is 11.9. The highest BCUT2D eigenvalue weighted by Crippen LogP contribution is 2.33. The van der Waals surface area contributed by atoms with Crippen molar-refractivity contribution in [1.82, 2.24) is 94.2 Å².